The number of amides is 2. The van der Waals surface area contributed by atoms with Crippen LogP contribution in [0.1, 0.15) is 38.7 Å². The number of nitrogen functional groups attached to an aromatic ring is 1. The highest BCUT2D eigenvalue weighted by molar-refractivity contribution is 5.90. The number of anilines is 1. The van der Waals surface area contributed by atoms with E-state index < -0.39 is 11.4 Å². The first-order valence-electron chi connectivity index (χ1n) is 6.89. The Kier molecular flexibility index (Phi) is 5.55. The lowest BCUT2D eigenvalue weighted by atomic mass is 9.91. The summed E-state index contributed by atoms with van der Waals surface area (Å²) in [6, 6.07) is 7.43. The van der Waals surface area contributed by atoms with Gasteiger partial charge in [-0.3, -0.25) is 9.59 Å². The van der Waals surface area contributed by atoms with E-state index in [0.29, 0.717) is 24.9 Å². The van der Waals surface area contributed by atoms with E-state index in [4.69, 9.17) is 11.5 Å². The maximum Gasteiger partial charge on any atom is 0.243 e. The van der Waals surface area contributed by atoms with Crippen LogP contribution in [0.15, 0.2) is 24.3 Å². The highest BCUT2D eigenvalue weighted by Crippen LogP contribution is 2.16. The molecule has 5 heteroatoms. The van der Waals surface area contributed by atoms with Gasteiger partial charge in [-0.15, -0.1) is 0 Å². The Bertz CT molecular complexity index is 482. The number of hydrogen-bond acceptors (Lipinski definition) is 3. The van der Waals surface area contributed by atoms with Gasteiger partial charge in [-0.05, 0) is 30.9 Å². The molecule has 0 aliphatic carbocycles. The molecule has 0 aliphatic rings. The van der Waals surface area contributed by atoms with Crippen molar-refractivity contribution in [2.24, 2.45) is 5.73 Å². The number of hydrogen-bond donors (Lipinski definition) is 3. The smallest absolute Gasteiger partial charge is 0.243 e. The van der Waals surface area contributed by atoms with E-state index in [9.17, 15) is 9.59 Å². The van der Waals surface area contributed by atoms with Crippen molar-refractivity contribution in [1.82, 2.24) is 5.32 Å². The van der Waals surface area contributed by atoms with Crippen molar-refractivity contribution in [1.29, 1.82) is 0 Å². The molecule has 2 amide bonds. The van der Waals surface area contributed by atoms with Crippen LogP contribution in [0, 0.1) is 0 Å². The van der Waals surface area contributed by atoms with Crippen LogP contribution in [-0.4, -0.2) is 17.4 Å². The molecule has 0 aromatic heterocycles. The number of aryl methyl sites for hydroxylation is 1. The number of benzene rings is 1. The summed E-state index contributed by atoms with van der Waals surface area (Å²) in [5, 5.41) is 2.76. The van der Waals surface area contributed by atoms with Gasteiger partial charge in [0.1, 0.15) is 5.54 Å². The van der Waals surface area contributed by atoms with E-state index in [2.05, 4.69) is 5.32 Å². The van der Waals surface area contributed by atoms with E-state index in [0.717, 1.165) is 5.56 Å². The van der Waals surface area contributed by atoms with Crippen LogP contribution in [0.5, 0.6) is 0 Å². The molecular formula is C15H23N3O2. The van der Waals surface area contributed by atoms with Crippen LogP contribution >= 0.6 is 0 Å². The second-order valence-corrected chi connectivity index (χ2v) is 4.90. The maximum atomic E-state index is 12.0. The third kappa shape index (κ3) is 3.73. The molecule has 0 aliphatic heterocycles. The topological polar surface area (TPSA) is 98.2 Å². The van der Waals surface area contributed by atoms with Crippen molar-refractivity contribution in [3.05, 3.63) is 29.8 Å². The number of nitrogens with two attached hydrogens (primary N) is 2. The van der Waals surface area contributed by atoms with Gasteiger partial charge in [0.05, 0.1) is 0 Å². The first-order chi connectivity index (χ1) is 9.45. The number of primary amides is 1. The van der Waals surface area contributed by atoms with Crippen molar-refractivity contribution in [3.8, 4) is 0 Å². The average Bonchev–Trinajstić information content (AvgIpc) is 2.43. The molecule has 1 aromatic carbocycles. The normalized spacial score (nSPS) is 11.1. The van der Waals surface area contributed by atoms with Gasteiger partial charge in [-0.1, -0.05) is 32.0 Å². The number of nitrogens with one attached hydrogen (secondary N) is 1. The lowest BCUT2D eigenvalue weighted by Crippen LogP contribution is -2.56. The van der Waals surface area contributed by atoms with Gasteiger partial charge in [0.2, 0.25) is 11.8 Å². The summed E-state index contributed by atoms with van der Waals surface area (Å²) in [4.78, 5) is 23.5. The Balaban J connectivity index is 2.64. The molecule has 0 unspecified atom stereocenters. The molecule has 0 saturated carbocycles. The van der Waals surface area contributed by atoms with Crippen LogP contribution in [0.25, 0.3) is 0 Å². The van der Waals surface area contributed by atoms with Crippen molar-refractivity contribution in [3.63, 3.8) is 0 Å². The largest absolute Gasteiger partial charge is 0.399 e. The zero-order valence-corrected chi connectivity index (χ0v) is 12.1. The SMILES string of the molecule is CCC(CC)(NC(=O)CCc1ccccc1N)C(N)=O. The second-order valence-electron chi connectivity index (χ2n) is 4.90. The molecule has 0 bridgehead atoms. The van der Waals surface area contributed by atoms with Crippen molar-refractivity contribution < 1.29 is 9.59 Å². The molecule has 1 rings (SSSR count). The molecule has 1 aromatic rings. The summed E-state index contributed by atoms with van der Waals surface area (Å²) >= 11 is 0. The first kappa shape index (κ1) is 16.0. The molecule has 0 spiro atoms. The minimum Gasteiger partial charge on any atom is -0.399 e. The number of carbonyl (C=O) groups is 2. The highest BCUT2D eigenvalue weighted by atomic mass is 16.2. The molecule has 5 nitrogen and oxygen atoms in total. The summed E-state index contributed by atoms with van der Waals surface area (Å²) in [6.07, 6.45) is 1.79. The van der Waals surface area contributed by atoms with Crippen LogP contribution in [0.2, 0.25) is 0 Å². The van der Waals surface area contributed by atoms with E-state index in [1.807, 2.05) is 32.0 Å². The Labute approximate surface area is 119 Å². The Hall–Kier alpha value is -2.04. The predicted molar refractivity (Wildman–Crippen MR) is 79.8 cm³/mol. The molecule has 0 radical (unpaired) electrons. The third-order valence-corrected chi connectivity index (χ3v) is 3.73. The molecule has 0 atom stereocenters. The van der Waals surface area contributed by atoms with Crippen molar-refractivity contribution in [2.75, 3.05) is 5.73 Å². The second kappa shape index (κ2) is 6.93. The van der Waals surface area contributed by atoms with Gasteiger partial charge in [-0.25, -0.2) is 0 Å². The van der Waals surface area contributed by atoms with E-state index in [1.165, 1.54) is 0 Å². The van der Waals surface area contributed by atoms with Gasteiger partial charge in [0, 0.05) is 12.1 Å². The van der Waals surface area contributed by atoms with Crippen LogP contribution in [-0.2, 0) is 16.0 Å². The maximum absolute atomic E-state index is 12.0. The molecule has 0 saturated heterocycles. The fourth-order valence-electron chi connectivity index (χ4n) is 2.18. The number of para-hydroxylation sites is 1. The Morgan fingerprint density at radius 3 is 2.30 bits per heavy atom. The summed E-state index contributed by atoms with van der Waals surface area (Å²) in [5.74, 6) is -0.675. The quantitative estimate of drug-likeness (QED) is 0.656. The van der Waals surface area contributed by atoms with E-state index >= 15 is 0 Å². The Morgan fingerprint density at radius 1 is 1.20 bits per heavy atom. The zero-order chi connectivity index (χ0) is 15.2. The summed E-state index contributed by atoms with van der Waals surface area (Å²) in [6.45, 7) is 3.67. The number of carbonyl (C=O) groups excluding carboxylic acids is 2. The standard InChI is InChI=1S/C15H23N3O2/c1-3-15(4-2,14(17)20)18-13(19)10-9-11-7-5-6-8-12(11)16/h5-8H,3-4,9-10,16H2,1-2H3,(H2,17,20)(H,18,19). The molecule has 0 heterocycles. The van der Waals surface area contributed by atoms with E-state index in [1.54, 1.807) is 6.07 Å². The van der Waals surface area contributed by atoms with Gasteiger partial charge in [0.25, 0.3) is 0 Å². The van der Waals surface area contributed by atoms with Crippen molar-refractivity contribution >= 4 is 17.5 Å². The monoisotopic (exact) mass is 277 g/mol. The zero-order valence-electron chi connectivity index (χ0n) is 12.1. The van der Waals surface area contributed by atoms with Gasteiger partial charge in [0.15, 0.2) is 0 Å². The first-order valence-corrected chi connectivity index (χ1v) is 6.89. The fraction of sp³-hybridized carbons (Fsp3) is 0.467. The molecule has 20 heavy (non-hydrogen) atoms. The minimum atomic E-state index is -0.945. The van der Waals surface area contributed by atoms with Gasteiger partial charge >= 0.3 is 0 Å². The molecule has 110 valence electrons. The lowest BCUT2D eigenvalue weighted by molar-refractivity contribution is -0.132. The van der Waals surface area contributed by atoms with Gasteiger partial charge < -0.3 is 16.8 Å². The van der Waals surface area contributed by atoms with Crippen LogP contribution in [0.3, 0.4) is 0 Å². The average molecular weight is 277 g/mol. The summed E-state index contributed by atoms with van der Waals surface area (Å²) < 4.78 is 0. The number of rotatable bonds is 7. The predicted octanol–water partition coefficient (Wildman–Crippen LogP) is 1.36. The fourth-order valence-corrected chi connectivity index (χ4v) is 2.18. The van der Waals surface area contributed by atoms with Crippen molar-refractivity contribution in [2.45, 2.75) is 45.1 Å². The Morgan fingerprint density at radius 2 is 1.80 bits per heavy atom. The summed E-state index contributed by atoms with van der Waals surface area (Å²) in [5.41, 5.74) is 11.9. The molecule has 0 fully saturated rings. The minimum absolute atomic E-state index is 0.184. The highest BCUT2D eigenvalue weighted by Gasteiger charge is 2.34. The van der Waals surface area contributed by atoms with Crippen LogP contribution in [0.4, 0.5) is 5.69 Å². The van der Waals surface area contributed by atoms with Gasteiger partial charge in [-0.2, -0.15) is 0 Å². The van der Waals surface area contributed by atoms with E-state index in [-0.39, 0.29) is 12.3 Å². The third-order valence-electron chi connectivity index (χ3n) is 3.73. The molecule has 5 N–H and O–H groups in total. The van der Waals surface area contributed by atoms with Crippen LogP contribution < -0.4 is 16.8 Å². The lowest BCUT2D eigenvalue weighted by Gasteiger charge is -2.29. The summed E-state index contributed by atoms with van der Waals surface area (Å²) in [7, 11) is 0. The molecular weight excluding hydrogens is 254 g/mol.